The van der Waals surface area contributed by atoms with Crippen LogP contribution in [0.25, 0.3) is 0 Å². The Morgan fingerprint density at radius 3 is 1.86 bits per heavy atom. The minimum Gasteiger partial charge on any atom is -0.550 e. The summed E-state index contributed by atoms with van der Waals surface area (Å²) in [5, 5.41) is 39.4. The van der Waals surface area contributed by atoms with Gasteiger partial charge in [-0.3, -0.25) is 9.69 Å². The fourth-order valence-electron chi connectivity index (χ4n) is 14.6. The number of Topliss-reactive ketones (excluding diaryl/α,β-unsaturated/α-hetero) is 1. The summed E-state index contributed by atoms with van der Waals surface area (Å²) in [4.78, 5) is 29.7. The predicted octanol–water partition coefficient (Wildman–Crippen LogP) is 9.43. The van der Waals surface area contributed by atoms with Gasteiger partial charge in [0.1, 0.15) is 5.78 Å². The number of aliphatic carboxylic acids is 1. The SMILES string of the molecule is CCCCCCCCCCCCN(CCCCCNCCCCCC)[C@H]1C=C[C@]2(O[C@H]([C@@H](CC)C(=O)[C@@H](C)[C@@H](O)[C@H](C)[C@@H]3O[C@@H]([C@@H](CC)C(=O)[O-])CC[C@@H]3C)[C@@H](C)C[C@H]2C)O[C@@]12CC[C@@](C)([C@H]1CC[C@](O)(CC)[C@H](C)O1)O2.[Na+]. The van der Waals surface area contributed by atoms with Gasteiger partial charge in [0, 0.05) is 42.0 Å². The van der Waals surface area contributed by atoms with Crippen LogP contribution in [-0.2, 0) is 33.3 Å². The number of carboxylic acids is 1. The van der Waals surface area contributed by atoms with Crippen LogP contribution in [0.15, 0.2) is 12.2 Å². The summed E-state index contributed by atoms with van der Waals surface area (Å²) in [6, 6.07) is -0.170. The van der Waals surface area contributed by atoms with E-state index in [0.29, 0.717) is 44.9 Å². The topological polar surface area (TPSA) is 159 Å². The number of hydrogen-bond donors (Lipinski definition) is 3. The maximum atomic E-state index is 15.0. The van der Waals surface area contributed by atoms with Crippen LogP contribution in [0.2, 0.25) is 0 Å². The molecule has 0 aromatic rings. The number of carbonyl (C=O) groups excluding carboxylic acids is 2. The number of ether oxygens (including phenoxy) is 5. The summed E-state index contributed by atoms with van der Waals surface area (Å²) >= 11 is 0. The average molecular weight is 1110 g/mol. The maximum absolute atomic E-state index is 15.0. The second kappa shape index (κ2) is 33.9. The smallest absolute Gasteiger partial charge is 0.550 e. The van der Waals surface area contributed by atoms with E-state index in [0.717, 1.165) is 71.1 Å². The minimum atomic E-state index is -1.16. The summed E-state index contributed by atoms with van der Waals surface area (Å²) < 4.78 is 36.2. The summed E-state index contributed by atoms with van der Waals surface area (Å²) in [6.45, 7) is 29.0. The molecule has 4 saturated heterocycles. The molecule has 0 aromatic carbocycles. The number of nitrogens with zero attached hydrogens (tertiary/aromatic N) is 1. The van der Waals surface area contributed by atoms with Gasteiger partial charge >= 0.3 is 29.6 Å². The van der Waals surface area contributed by atoms with E-state index < -0.39 is 76.8 Å². The normalized spacial score (nSPS) is 35.1. The summed E-state index contributed by atoms with van der Waals surface area (Å²) in [5.41, 5.74) is -1.54. The number of aliphatic hydroxyl groups is 2. The molecule has 0 aliphatic carbocycles. The van der Waals surface area contributed by atoms with Gasteiger partial charge in [-0.2, -0.15) is 0 Å². The van der Waals surface area contributed by atoms with Crippen LogP contribution in [0.3, 0.4) is 0 Å². The quantitative estimate of drug-likeness (QED) is 0.0314. The Bertz CT molecular complexity index is 1740. The second-order valence-electron chi connectivity index (χ2n) is 26.0. The van der Waals surface area contributed by atoms with Crippen molar-refractivity contribution in [1.29, 1.82) is 0 Å². The van der Waals surface area contributed by atoms with Gasteiger partial charge in [-0.05, 0) is 141 Å². The van der Waals surface area contributed by atoms with Gasteiger partial charge in [0.15, 0.2) is 11.6 Å². The van der Waals surface area contributed by atoms with Gasteiger partial charge in [0.2, 0.25) is 0 Å². The number of nitrogens with one attached hydrogen (secondary N) is 1. The van der Waals surface area contributed by atoms with Crippen molar-refractivity contribution in [2.45, 2.75) is 322 Å². The molecule has 5 aliphatic heterocycles. The third kappa shape index (κ3) is 18.3. The number of hydrogen-bond acceptors (Lipinski definition) is 12. The summed E-state index contributed by atoms with van der Waals surface area (Å²) in [6.07, 6.45) is 29.5. The van der Waals surface area contributed by atoms with E-state index in [4.69, 9.17) is 23.7 Å². The zero-order valence-electron chi connectivity index (χ0n) is 52.3. The Morgan fingerprint density at radius 2 is 1.29 bits per heavy atom. The van der Waals surface area contributed by atoms with Crippen LogP contribution in [-0.4, -0.2) is 118 Å². The maximum Gasteiger partial charge on any atom is 1.00 e. The van der Waals surface area contributed by atoms with Crippen molar-refractivity contribution in [1.82, 2.24) is 10.2 Å². The van der Waals surface area contributed by atoms with Crippen LogP contribution in [0.5, 0.6) is 0 Å². The van der Waals surface area contributed by atoms with Crippen molar-refractivity contribution in [3.63, 3.8) is 0 Å². The molecule has 18 atom stereocenters. The molecule has 5 rings (SSSR count). The van der Waals surface area contributed by atoms with Crippen molar-refractivity contribution in [2.75, 3.05) is 26.2 Å². The van der Waals surface area contributed by atoms with Gasteiger partial charge < -0.3 is 49.1 Å². The standard InChI is InChI=1S/C65H118N2O10.Na/c1-13-18-20-22-23-24-25-26-27-31-43-67(44-32-28-30-42-66-41-29-21-19-14-2)55-35-38-64(77-65(55)40-39-62(12,76-65)56-36-37-63(72,17-5)51(11)73-56)48(8)45-47(7)60(75-64)53(16-4)58(69)49(9)57(68)50(10)59-46(6)33-34-54(74-59)52(15-3)61(70)71;/h35,38,46-57,59-60,66,68,72H,13-34,36-37,39-45H2,1-12H3,(H,70,71);/q;+1/p-1/t46-,47-,48+,49-,50-,51-,52+,53-,54+,55-,56+,57+,59+,60-,62-,63+,64-,65-;/m0./s1. The Hall–Kier alpha value is -0.480. The Labute approximate surface area is 498 Å². The Balaban J connectivity index is 0.0000131. The number of carbonyl (C=O) groups is 2. The van der Waals surface area contributed by atoms with Crippen molar-refractivity contribution in [2.24, 2.45) is 41.4 Å². The van der Waals surface area contributed by atoms with Crippen molar-refractivity contribution < 1.29 is 78.2 Å². The molecular weight excluding hydrogens is 992 g/mol. The van der Waals surface area contributed by atoms with Crippen LogP contribution in [0.1, 0.15) is 256 Å². The number of aliphatic hydroxyl groups excluding tert-OH is 1. The van der Waals surface area contributed by atoms with Gasteiger partial charge in [-0.1, -0.05) is 159 Å². The summed E-state index contributed by atoms with van der Waals surface area (Å²) in [5.74, 6) is -5.58. The van der Waals surface area contributed by atoms with Crippen LogP contribution < -0.4 is 40.0 Å². The first-order chi connectivity index (χ1) is 36.8. The van der Waals surface area contributed by atoms with E-state index in [1.807, 2.05) is 41.5 Å². The number of ketones is 1. The van der Waals surface area contributed by atoms with E-state index >= 15 is 4.79 Å². The molecular formula is C65H117N2NaO10. The first-order valence-corrected chi connectivity index (χ1v) is 32.5. The molecule has 0 unspecified atom stereocenters. The Morgan fingerprint density at radius 1 is 0.718 bits per heavy atom. The molecule has 4 fully saturated rings. The first-order valence-electron chi connectivity index (χ1n) is 32.5. The molecule has 448 valence electrons. The number of carboxylic acid groups (broad SMARTS) is 1. The van der Waals surface area contributed by atoms with E-state index in [1.165, 1.54) is 83.5 Å². The van der Waals surface area contributed by atoms with Gasteiger partial charge in [-0.25, -0.2) is 0 Å². The molecule has 5 heterocycles. The average Bonchev–Trinajstić information content (AvgIpc) is 3.86. The molecule has 0 amide bonds. The predicted molar refractivity (Wildman–Crippen MR) is 308 cm³/mol. The van der Waals surface area contributed by atoms with E-state index in [2.05, 4.69) is 63.9 Å². The number of unbranched alkanes of at least 4 members (excludes halogenated alkanes) is 14. The van der Waals surface area contributed by atoms with Crippen molar-refractivity contribution in [3.8, 4) is 0 Å². The van der Waals surface area contributed by atoms with Crippen LogP contribution >= 0.6 is 0 Å². The largest absolute Gasteiger partial charge is 1.00 e. The first kappa shape index (κ1) is 70.0. The van der Waals surface area contributed by atoms with Gasteiger partial charge in [0.05, 0.1) is 53.9 Å². The monoisotopic (exact) mass is 1110 g/mol. The molecule has 2 spiro atoms. The molecule has 0 bridgehead atoms. The fraction of sp³-hybridized carbons (Fsp3) is 0.938. The van der Waals surface area contributed by atoms with E-state index in [-0.39, 0.29) is 71.3 Å². The molecule has 78 heavy (non-hydrogen) atoms. The second-order valence-corrected chi connectivity index (χ2v) is 26.0. The molecule has 5 aliphatic rings. The van der Waals surface area contributed by atoms with Crippen LogP contribution in [0.4, 0.5) is 0 Å². The molecule has 12 nitrogen and oxygen atoms in total. The van der Waals surface area contributed by atoms with Crippen molar-refractivity contribution >= 4 is 11.8 Å². The molecule has 0 aromatic heterocycles. The molecule has 3 N–H and O–H groups in total. The molecule has 0 radical (unpaired) electrons. The third-order valence-corrected chi connectivity index (χ3v) is 20.1. The Kier molecular flexibility index (Phi) is 30.4. The zero-order chi connectivity index (χ0) is 56.4. The van der Waals surface area contributed by atoms with Gasteiger partial charge in [0.25, 0.3) is 0 Å². The number of rotatable bonds is 35. The van der Waals surface area contributed by atoms with E-state index in [1.54, 1.807) is 0 Å². The molecule has 13 heteroatoms. The van der Waals surface area contributed by atoms with Crippen molar-refractivity contribution in [3.05, 3.63) is 12.2 Å². The summed E-state index contributed by atoms with van der Waals surface area (Å²) in [7, 11) is 0. The minimum absolute atomic E-state index is 0. The molecule has 0 saturated carbocycles. The van der Waals surface area contributed by atoms with Gasteiger partial charge in [-0.15, -0.1) is 0 Å². The van der Waals surface area contributed by atoms with E-state index in [9.17, 15) is 20.1 Å². The fourth-order valence-corrected chi connectivity index (χ4v) is 14.6. The zero-order valence-corrected chi connectivity index (χ0v) is 54.3. The third-order valence-electron chi connectivity index (χ3n) is 20.1. The van der Waals surface area contributed by atoms with Crippen LogP contribution in [0, 0.1) is 41.4 Å².